The molecule has 0 aromatic heterocycles. The van der Waals surface area contributed by atoms with E-state index < -0.39 is 5.82 Å². The van der Waals surface area contributed by atoms with E-state index in [1.54, 1.807) is 18.2 Å². The highest BCUT2D eigenvalue weighted by atomic mass is 35.5. The summed E-state index contributed by atoms with van der Waals surface area (Å²) in [5.74, 6) is -0.729. The second-order valence-corrected chi connectivity index (χ2v) is 4.45. The van der Waals surface area contributed by atoms with Crippen LogP contribution in [0.5, 0.6) is 0 Å². The first-order valence-corrected chi connectivity index (χ1v) is 5.91. The first-order chi connectivity index (χ1) is 8.56. The molecule has 0 radical (unpaired) electrons. The van der Waals surface area contributed by atoms with Gasteiger partial charge in [0.1, 0.15) is 11.6 Å². The van der Waals surface area contributed by atoms with Crippen LogP contribution in [0.3, 0.4) is 0 Å². The van der Waals surface area contributed by atoms with Crippen molar-refractivity contribution in [3.05, 3.63) is 64.7 Å². The molecule has 0 saturated carbocycles. The van der Waals surface area contributed by atoms with E-state index in [1.807, 2.05) is 6.92 Å². The Balaban J connectivity index is 2.13. The predicted octanol–water partition coefficient (Wildman–Crippen LogP) is 4.79. The zero-order valence-corrected chi connectivity index (χ0v) is 10.5. The summed E-state index contributed by atoms with van der Waals surface area (Å²) in [6.45, 7) is 1.89. The van der Waals surface area contributed by atoms with Crippen molar-refractivity contribution in [1.29, 1.82) is 0 Å². The quantitative estimate of drug-likeness (QED) is 0.843. The van der Waals surface area contributed by atoms with E-state index in [-0.39, 0.29) is 16.9 Å². The molecule has 94 valence electrons. The van der Waals surface area contributed by atoms with E-state index in [0.29, 0.717) is 0 Å². The summed E-state index contributed by atoms with van der Waals surface area (Å²) in [6.07, 6.45) is 0. The summed E-state index contributed by atoms with van der Waals surface area (Å²) in [4.78, 5) is 0. The lowest BCUT2D eigenvalue weighted by atomic mass is 10.1. The fourth-order valence-electron chi connectivity index (χ4n) is 1.66. The zero-order chi connectivity index (χ0) is 13.1. The maximum atomic E-state index is 13.3. The van der Waals surface area contributed by atoms with Gasteiger partial charge >= 0.3 is 0 Å². The molecule has 2 rings (SSSR count). The van der Waals surface area contributed by atoms with Crippen molar-refractivity contribution in [2.75, 3.05) is 5.32 Å². The van der Waals surface area contributed by atoms with Crippen LogP contribution in [0.1, 0.15) is 18.5 Å². The van der Waals surface area contributed by atoms with Crippen LogP contribution in [-0.2, 0) is 0 Å². The van der Waals surface area contributed by atoms with Crippen LogP contribution in [0, 0.1) is 11.6 Å². The third-order valence-electron chi connectivity index (χ3n) is 2.67. The Kier molecular flexibility index (Phi) is 3.82. The van der Waals surface area contributed by atoms with E-state index in [9.17, 15) is 8.78 Å². The van der Waals surface area contributed by atoms with Gasteiger partial charge in [0, 0.05) is 11.7 Å². The number of hydrogen-bond donors (Lipinski definition) is 1. The van der Waals surface area contributed by atoms with E-state index in [0.717, 1.165) is 11.3 Å². The fourth-order valence-corrected chi connectivity index (χ4v) is 1.78. The number of nitrogens with one attached hydrogen (secondary N) is 1. The molecular formula is C14H12ClF2N. The molecule has 4 heteroatoms. The highest BCUT2D eigenvalue weighted by Gasteiger charge is 2.08. The van der Waals surface area contributed by atoms with Gasteiger partial charge in [-0.05, 0) is 48.9 Å². The molecule has 1 N–H and O–H groups in total. The van der Waals surface area contributed by atoms with Crippen molar-refractivity contribution < 1.29 is 8.78 Å². The van der Waals surface area contributed by atoms with Crippen LogP contribution in [0.2, 0.25) is 5.02 Å². The molecule has 0 bridgehead atoms. The van der Waals surface area contributed by atoms with Crippen LogP contribution < -0.4 is 5.32 Å². The number of hydrogen-bond acceptors (Lipinski definition) is 1. The molecular weight excluding hydrogens is 256 g/mol. The first kappa shape index (κ1) is 12.8. The average molecular weight is 268 g/mol. The monoisotopic (exact) mass is 267 g/mol. The third kappa shape index (κ3) is 2.99. The molecule has 0 aliphatic heterocycles. The first-order valence-electron chi connectivity index (χ1n) is 5.53. The highest BCUT2D eigenvalue weighted by molar-refractivity contribution is 6.30. The molecule has 1 unspecified atom stereocenters. The Morgan fingerprint density at radius 3 is 2.33 bits per heavy atom. The molecule has 0 aliphatic carbocycles. The molecule has 0 fully saturated rings. The van der Waals surface area contributed by atoms with E-state index >= 15 is 0 Å². The lowest BCUT2D eigenvalue weighted by molar-refractivity contribution is 0.624. The minimum Gasteiger partial charge on any atom is -0.379 e. The SMILES string of the molecule is CC(Nc1ccc(F)cc1)c1ccc(Cl)c(F)c1. The Hall–Kier alpha value is -1.61. The number of anilines is 1. The van der Waals surface area contributed by atoms with Gasteiger partial charge in [0.05, 0.1) is 5.02 Å². The van der Waals surface area contributed by atoms with Crippen molar-refractivity contribution in [3.8, 4) is 0 Å². The summed E-state index contributed by atoms with van der Waals surface area (Å²) in [5.41, 5.74) is 1.56. The van der Waals surface area contributed by atoms with Crippen molar-refractivity contribution in [2.45, 2.75) is 13.0 Å². The Morgan fingerprint density at radius 2 is 1.72 bits per heavy atom. The van der Waals surface area contributed by atoms with Gasteiger partial charge in [-0.2, -0.15) is 0 Å². The van der Waals surface area contributed by atoms with Crippen molar-refractivity contribution in [1.82, 2.24) is 0 Å². The van der Waals surface area contributed by atoms with Gasteiger partial charge in [-0.3, -0.25) is 0 Å². The smallest absolute Gasteiger partial charge is 0.142 e. The van der Waals surface area contributed by atoms with Crippen LogP contribution in [0.15, 0.2) is 42.5 Å². The van der Waals surface area contributed by atoms with Crippen molar-refractivity contribution in [3.63, 3.8) is 0 Å². The third-order valence-corrected chi connectivity index (χ3v) is 2.98. The summed E-state index contributed by atoms with van der Waals surface area (Å²) in [7, 11) is 0. The molecule has 1 nitrogen and oxygen atoms in total. The molecule has 2 aromatic carbocycles. The lowest BCUT2D eigenvalue weighted by Crippen LogP contribution is -2.06. The molecule has 0 spiro atoms. The molecule has 0 aliphatic rings. The van der Waals surface area contributed by atoms with Crippen LogP contribution in [0.25, 0.3) is 0 Å². The predicted molar refractivity (Wildman–Crippen MR) is 69.8 cm³/mol. The molecule has 0 saturated heterocycles. The minimum absolute atomic E-state index is 0.0952. The summed E-state index contributed by atoms with van der Waals surface area (Å²) < 4.78 is 26.1. The van der Waals surface area contributed by atoms with Gasteiger partial charge in [0.2, 0.25) is 0 Å². The average Bonchev–Trinajstić information content (AvgIpc) is 2.35. The number of rotatable bonds is 3. The Morgan fingerprint density at radius 1 is 1.06 bits per heavy atom. The van der Waals surface area contributed by atoms with Crippen molar-refractivity contribution >= 4 is 17.3 Å². The Bertz CT molecular complexity index is 540. The highest BCUT2D eigenvalue weighted by Crippen LogP contribution is 2.23. The summed E-state index contributed by atoms with van der Waals surface area (Å²) in [6, 6.07) is 10.6. The van der Waals surface area contributed by atoms with E-state index in [1.165, 1.54) is 24.3 Å². The normalized spacial score (nSPS) is 12.2. The second kappa shape index (κ2) is 5.36. The topological polar surface area (TPSA) is 12.0 Å². The second-order valence-electron chi connectivity index (χ2n) is 4.05. The van der Waals surface area contributed by atoms with E-state index in [2.05, 4.69) is 5.32 Å². The maximum Gasteiger partial charge on any atom is 0.142 e. The number of halogens is 3. The van der Waals surface area contributed by atoms with Gasteiger partial charge in [-0.1, -0.05) is 17.7 Å². The largest absolute Gasteiger partial charge is 0.379 e. The minimum atomic E-state index is -0.443. The van der Waals surface area contributed by atoms with Crippen LogP contribution in [-0.4, -0.2) is 0 Å². The van der Waals surface area contributed by atoms with E-state index in [4.69, 9.17) is 11.6 Å². The standard InChI is InChI=1S/C14H12ClF2N/c1-9(10-2-7-13(15)14(17)8-10)18-12-5-3-11(16)4-6-12/h2-9,18H,1H3. The van der Waals surface area contributed by atoms with Gasteiger partial charge < -0.3 is 5.32 Å². The van der Waals surface area contributed by atoms with Gasteiger partial charge in [0.25, 0.3) is 0 Å². The molecule has 2 aromatic rings. The van der Waals surface area contributed by atoms with Gasteiger partial charge in [0.15, 0.2) is 0 Å². The lowest BCUT2D eigenvalue weighted by Gasteiger charge is -2.16. The number of benzene rings is 2. The molecule has 18 heavy (non-hydrogen) atoms. The van der Waals surface area contributed by atoms with Crippen molar-refractivity contribution in [2.24, 2.45) is 0 Å². The Labute approximate surface area is 109 Å². The molecule has 0 amide bonds. The zero-order valence-electron chi connectivity index (χ0n) is 9.75. The summed E-state index contributed by atoms with van der Waals surface area (Å²) in [5, 5.41) is 3.26. The summed E-state index contributed by atoms with van der Waals surface area (Å²) >= 11 is 5.63. The van der Waals surface area contributed by atoms with Gasteiger partial charge in [-0.15, -0.1) is 0 Å². The molecule has 1 atom stereocenters. The van der Waals surface area contributed by atoms with Gasteiger partial charge in [-0.25, -0.2) is 8.78 Å². The molecule has 0 heterocycles. The van der Waals surface area contributed by atoms with Crippen LogP contribution in [0.4, 0.5) is 14.5 Å². The van der Waals surface area contributed by atoms with Crippen LogP contribution >= 0.6 is 11.6 Å². The maximum absolute atomic E-state index is 13.3. The fraction of sp³-hybridized carbons (Fsp3) is 0.143.